The van der Waals surface area contributed by atoms with Crippen molar-refractivity contribution in [1.29, 1.82) is 0 Å². The lowest BCUT2D eigenvalue weighted by Gasteiger charge is -2.27. The lowest BCUT2D eigenvalue weighted by atomic mass is 9.87. The van der Waals surface area contributed by atoms with Gasteiger partial charge in [-0.25, -0.2) is 0 Å². The first-order valence-electron chi connectivity index (χ1n) is 6.94. The fraction of sp³-hybridized carbons (Fsp3) is 0.625. The molecule has 1 nitrogen and oxygen atoms in total. The van der Waals surface area contributed by atoms with E-state index >= 15 is 0 Å². The maximum absolute atomic E-state index is 3.72. The van der Waals surface area contributed by atoms with E-state index in [4.69, 9.17) is 0 Å². The number of hydrogen-bond acceptors (Lipinski definition) is 1. The second-order valence-corrected chi connectivity index (χ2v) is 5.85. The number of rotatable bonds is 3. The van der Waals surface area contributed by atoms with Crippen molar-refractivity contribution in [3.63, 3.8) is 0 Å². The van der Waals surface area contributed by atoms with Crippen molar-refractivity contribution < 1.29 is 0 Å². The van der Waals surface area contributed by atoms with Crippen LogP contribution in [0.4, 0.5) is 0 Å². The summed E-state index contributed by atoms with van der Waals surface area (Å²) in [7, 11) is 0. The Hall–Kier alpha value is -0.820. The Bertz CT molecular complexity index is 350. The molecule has 1 aliphatic rings. The van der Waals surface area contributed by atoms with Gasteiger partial charge in [-0.2, -0.15) is 0 Å². The molecule has 0 radical (unpaired) electrons. The molecule has 1 heteroatoms. The van der Waals surface area contributed by atoms with Gasteiger partial charge in [0.25, 0.3) is 0 Å². The smallest absolute Gasteiger partial charge is 0.0208 e. The second-order valence-electron chi connectivity index (χ2n) is 5.85. The first kappa shape index (κ1) is 12.6. The van der Waals surface area contributed by atoms with E-state index in [9.17, 15) is 0 Å². The van der Waals surface area contributed by atoms with E-state index in [-0.39, 0.29) is 0 Å². The Morgan fingerprint density at radius 3 is 2.47 bits per heavy atom. The lowest BCUT2D eigenvalue weighted by Crippen LogP contribution is -2.33. The Morgan fingerprint density at radius 1 is 1.12 bits per heavy atom. The van der Waals surface area contributed by atoms with Gasteiger partial charge in [0.05, 0.1) is 0 Å². The highest BCUT2D eigenvalue weighted by Crippen LogP contribution is 2.23. The molecule has 1 aromatic carbocycles. The normalized spacial score (nSPS) is 24.9. The van der Waals surface area contributed by atoms with Crippen LogP contribution in [-0.4, -0.2) is 6.04 Å². The Labute approximate surface area is 106 Å². The van der Waals surface area contributed by atoms with Gasteiger partial charge in [0.2, 0.25) is 0 Å². The largest absolute Gasteiger partial charge is 0.310 e. The van der Waals surface area contributed by atoms with E-state index < -0.39 is 0 Å². The summed E-state index contributed by atoms with van der Waals surface area (Å²) >= 11 is 0. The predicted molar refractivity (Wildman–Crippen MR) is 74.2 cm³/mol. The van der Waals surface area contributed by atoms with Crippen molar-refractivity contribution in [2.45, 2.75) is 59.0 Å². The van der Waals surface area contributed by atoms with Gasteiger partial charge in [-0.1, -0.05) is 49.1 Å². The Balaban J connectivity index is 1.88. The summed E-state index contributed by atoms with van der Waals surface area (Å²) in [5, 5.41) is 3.72. The standard InChI is InChI=1S/C16H25N/c1-12-5-4-6-16(10-12)17-11-15-8-13(2)7-14(3)9-15/h7-9,12,16-17H,4-6,10-11H2,1-3H3. The molecule has 0 bridgehead atoms. The SMILES string of the molecule is Cc1cc(C)cc(CNC2CCCC(C)C2)c1. The van der Waals surface area contributed by atoms with Crippen molar-refractivity contribution in [3.05, 3.63) is 34.9 Å². The van der Waals surface area contributed by atoms with Gasteiger partial charge >= 0.3 is 0 Å². The van der Waals surface area contributed by atoms with Crippen LogP contribution in [0.15, 0.2) is 18.2 Å². The highest BCUT2D eigenvalue weighted by Gasteiger charge is 2.17. The third-order valence-electron chi connectivity index (χ3n) is 3.81. The predicted octanol–water partition coefficient (Wildman–Crippen LogP) is 3.97. The molecule has 2 unspecified atom stereocenters. The average molecular weight is 231 g/mol. The van der Waals surface area contributed by atoms with E-state index in [2.05, 4.69) is 44.3 Å². The molecular weight excluding hydrogens is 206 g/mol. The van der Waals surface area contributed by atoms with Gasteiger partial charge < -0.3 is 5.32 Å². The number of hydrogen-bond donors (Lipinski definition) is 1. The molecule has 94 valence electrons. The first-order valence-corrected chi connectivity index (χ1v) is 6.94. The molecule has 1 fully saturated rings. The molecule has 0 amide bonds. The minimum atomic E-state index is 0.736. The molecule has 1 aliphatic carbocycles. The van der Waals surface area contributed by atoms with Crippen molar-refractivity contribution in [2.24, 2.45) is 5.92 Å². The van der Waals surface area contributed by atoms with E-state index in [0.717, 1.165) is 18.5 Å². The van der Waals surface area contributed by atoms with Crippen LogP contribution in [-0.2, 0) is 6.54 Å². The molecule has 1 aromatic rings. The van der Waals surface area contributed by atoms with E-state index in [1.54, 1.807) is 0 Å². The highest BCUT2D eigenvalue weighted by atomic mass is 14.9. The molecule has 0 saturated heterocycles. The topological polar surface area (TPSA) is 12.0 Å². The van der Waals surface area contributed by atoms with Crippen molar-refractivity contribution in [1.82, 2.24) is 5.32 Å². The van der Waals surface area contributed by atoms with Crippen molar-refractivity contribution in [3.8, 4) is 0 Å². The van der Waals surface area contributed by atoms with Crippen LogP contribution in [0.2, 0.25) is 0 Å². The van der Waals surface area contributed by atoms with Crippen molar-refractivity contribution in [2.75, 3.05) is 0 Å². The molecule has 0 spiro atoms. The van der Waals surface area contributed by atoms with Crippen LogP contribution in [0.5, 0.6) is 0 Å². The van der Waals surface area contributed by atoms with Crippen LogP contribution >= 0.6 is 0 Å². The average Bonchev–Trinajstić information content (AvgIpc) is 2.25. The maximum Gasteiger partial charge on any atom is 0.0208 e. The fourth-order valence-electron chi connectivity index (χ4n) is 3.05. The summed E-state index contributed by atoms with van der Waals surface area (Å²) in [6.45, 7) is 7.77. The molecule has 2 atom stereocenters. The molecule has 0 aromatic heterocycles. The molecule has 17 heavy (non-hydrogen) atoms. The van der Waals surface area contributed by atoms with Crippen LogP contribution in [0, 0.1) is 19.8 Å². The summed E-state index contributed by atoms with van der Waals surface area (Å²) in [5.41, 5.74) is 4.18. The summed E-state index contributed by atoms with van der Waals surface area (Å²) in [5.74, 6) is 0.903. The Morgan fingerprint density at radius 2 is 1.82 bits per heavy atom. The van der Waals surface area contributed by atoms with Gasteiger partial charge in [-0.15, -0.1) is 0 Å². The first-order chi connectivity index (χ1) is 8.13. The van der Waals surface area contributed by atoms with Gasteiger partial charge in [-0.3, -0.25) is 0 Å². The zero-order chi connectivity index (χ0) is 12.3. The van der Waals surface area contributed by atoms with Gasteiger partial charge in [0.1, 0.15) is 0 Å². The zero-order valence-corrected chi connectivity index (χ0v) is 11.4. The number of nitrogens with one attached hydrogen (secondary N) is 1. The van der Waals surface area contributed by atoms with Gasteiger partial charge in [0, 0.05) is 12.6 Å². The third kappa shape index (κ3) is 3.85. The maximum atomic E-state index is 3.72. The van der Waals surface area contributed by atoms with E-state index in [1.165, 1.54) is 42.4 Å². The Kier molecular flexibility index (Phi) is 4.22. The molecule has 0 aliphatic heterocycles. The summed E-state index contributed by atoms with van der Waals surface area (Å²) in [6.07, 6.45) is 5.52. The van der Waals surface area contributed by atoms with Crippen LogP contribution in [0.25, 0.3) is 0 Å². The molecule has 2 rings (SSSR count). The van der Waals surface area contributed by atoms with E-state index in [0.29, 0.717) is 0 Å². The summed E-state index contributed by atoms with van der Waals surface area (Å²) in [4.78, 5) is 0. The second kappa shape index (κ2) is 5.68. The monoisotopic (exact) mass is 231 g/mol. The zero-order valence-electron chi connectivity index (χ0n) is 11.4. The van der Waals surface area contributed by atoms with Crippen LogP contribution < -0.4 is 5.32 Å². The summed E-state index contributed by atoms with van der Waals surface area (Å²) in [6, 6.07) is 7.57. The molecular formula is C16H25N. The number of benzene rings is 1. The quantitative estimate of drug-likeness (QED) is 0.830. The van der Waals surface area contributed by atoms with E-state index in [1.807, 2.05) is 0 Å². The highest BCUT2D eigenvalue weighted by molar-refractivity contribution is 5.28. The van der Waals surface area contributed by atoms with Crippen LogP contribution in [0.3, 0.4) is 0 Å². The third-order valence-corrected chi connectivity index (χ3v) is 3.81. The minimum absolute atomic E-state index is 0.736. The minimum Gasteiger partial charge on any atom is -0.310 e. The van der Waals surface area contributed by atoms with Gasteiger partial charge in [-0.05, 0) is 38.2 Å². The van der Waals surface area contributed by atoms with Gasteiger partial charge in [0.15, 0.2) is 0 Å². The number of aryl methyl sites for hydroxylation is 2. The molecule has 1 N–H and O–H groups in total. The lowest BCUT2D eigenvalue weighted by molar-refractivity contribution is 0.300. The molecule has 0 heterocycles. The summed E-state index contributed by atoms with van der Waals surface area (Å²) < 4.78 is 0. The fourth-order valence-corrected chi connectivity index (χ4v) is 3.05. The van der Waals surface area contributed by atoms with Crippen LogP contribution in [0.1, 0.15) is 49.3 Å². The molecule has 1 saturated carbocycles. The van der Waals surface area contributed by atoms with Crippen molar-refractivity contribution >= 4 is 0 Å².